The van der Waals surface area contributed by atoms with Crippen LogP contribution in [0.15, 0.2) is 6.07 Å². The maximum atomic E-state index is 10.5. The van der Waals surface area contributed by atoms with Crippen LogP contribution >= 0.6 is 0 Å². The van der Waals surface area contributed by atoms with Gasteiger partial charge >= 0.3 is 0 Å². The zero-order valence-electron chi connectivity index (χ0n) is 14.2. The van der Waals surface area contributed by atoms with E-state index in [1.165, 1.54) is 36.5 Å². The Bertz CT molecular complexity index is 532. The molecular formula is C18H30N2O. The second kappa shape index (κ2) is 5.13. The van der Waals surface area contributed by atoms with Gasteiger partial charge in [-0.1, -0.05) is 20.8 Å². The topological polar surface area (TPSA) is 28.4 Å². The van der Waals surface area contributed by atoms with Crippen molar-refractivity contribution in [1.82, 2.24) is 9.47 Å². The molecule has 1 aromatic rings. The Kier molecular flexibility index (Phi) is 3.69. The molecule has 0 aromatic carbocycles. The van der Waals surface area contributed by atoms with Gasteiger partial charge < -0.3 is 14.6 Å². The van der Waals surface area contributed by atoms with E-state index in [0.717, 1.165) is 12.8 Å². The molecule has 1 saturated heterocycles. The molecule has 2 aliphatic rings. The van der Waals surface area contributed by atoms with E-state index >= 15 is 0 Å². The molecule has 118 valence electrons. The van der Waals surface area contributed by atoms with E-state index in [1.807, 2.05) is 0 Å². The largest absolute Gasteiger partial charge is 0.388 e. The molecule has 1 N–H and O–H groups in total. The summed E-state index contributed by atoms with van der Waals surface area (Å²) in [5.41, 5.74) is 4.12. The zero-order valence-corrected chi connectivity index (χ0v) is 14.2. The van der Waals surface area contributed by atoms with Crippen LogP contribution in [0.5, 0.6) is 0 Å². The van der Waals surface area contributed by atoms with Gasteiger partial charge in [-0.05, 0) is 57.2 Å². The van der Waals surface area contributed by atoms with Crippen LogP contribution in [0.25, 0.3) is 0 Å². The van der Waals surface area contributed by atoms with Crippen molar-refractivity contribution in [2.45, 2.75) is 59.1 Å². The van der Waals surface area contributed by atoms with Crippen LogP contribution in [0.3, 0.4) is 0 Å². The summed E-state index contributed by atoms with van der Waals surface area (Å²) in [4.78, 5) is 2.44. The number of nitrogens with zero attached hydrogens (tertiary/aromatic N) is 2. The number of rotatable bonds is 1. The SMILES string of the molecule is Cc1cc2c(n1C1CCN(C)CC1C)CC(C)(C)CC2O. The molecule has 1 aliphatic carbocycles. The average molecular weight is 290 g/mol. The number of hydrogen-bond donors (Lipinski definition) is 1. The van der Waals surface area contributed by atoms with Gasteiger partial charge in [-0.2, -0.15) is 0 Å². The maximum absolute atomic E-state index is 10.5. The molecule has 3 rings (SSSR count). The Morgan fingerprint density at radius 2 is 2.05 bits per heavy atom. The van der Waals surface area contributed by atoms with E-state index in [4.69, 9.17) is 0 Å². The van der Waals surface area contributed by atoms with E-state index in [9.17, 15) is 5.11 Å². The fourth-order valence-electron chi connectivity index (χ4n) is 4.55. The van der Waals surface area contributed by atoms with Crippen LogP contribution in [0.4, 0.5) is 0 Å². The first kappa shape index (κ1) is 15.1. The van der Waals surface area contributed by atoms with E-state index in [2.05, 4.69) is 50.3 Å². The number of piperidine rings is 1. The highest BCUT2D eigenvalue weighted by atomic mass is 16.3. The normalized spacial score (nSPS) is 33.0. The maximum Gasteiger partial charge on any atom is 0.0812 e. The molecule has 3 nitrogen and oxygen atoms in total. The van der Waals surface area contributed by atoms with Crippen molar-refractivity contribution in [3.8, 4) is 0 Å². The minimum absolute atomic E-state index is 0.198. The fraction of sp³-hybridized carbons (Fsp3) is 0.778. The Balaban J connectivity index is 2.00. The van der Waals surface area contributed by atoms with Crippen LogP contribution in [0.1, 0.15) is 62.7 Å². The lowest BCUT2D eigenvalue weighted by atomic mass is 9.75. The Labute approximate surface area is 129 Å². The Morgan fingerprint density at radius 3 is 2.71 bits per heavy atom. The monoisotopic (exact) mass is 290 g/mol. The third-order valence-corrected chi connectivity index (χ3v) is 5.51. The number of aliphatic hydroxyl groups is 1. The molecule has 1 fully saturated rings. The standard InChI is InChI=1S/C18H30N2O/c1-12-11-19(5)7-6-15(12)20-13(2)8-14-16(20)9-18(3,4)10-17(14)21/h8,12,15,17,21H,6-7,9-11H2,1-5H3. The summed E-state index contributed by atoms with van der Waals surface area (Å²) in [6, 6.07) is 2.83. The molecule has 0 saturated carbocycles. The second-order valence-corrected chi connectivity index (χ2v) is 8.21. The molecule has 0 amide bonds. The molecule has 1 aliphatic heterocycles. The van der Waals surface area contributed by atoms with Gasteiger partial charge in [0.05, 0.1) is 6.10 Å². The van der Waals surface area contributed by atoms with Crippen LogP contribution in [-0.2, 0) is 6.42 Å². The van der Waals surface area contributed by atoms with E-state index in [0.29, 0.717) is 12.0 Å². The van der Waals surface area contributed by atoms with Gasteiger partial charge in [0.15, 0.2) is 0 Å². The van der Waals surface area contributed by atoms with Crippen molar-refractivity contribution < 1.29 is 5.11 Å². The minimum Gasteiger partial charge on any atom is -0.388 e. The van der Waals surface area contributed by atoms with Gasteiger partial charge in [0.1, 0.15) is 0 Å². The summed E-state index contributed by atoms with van der Waals surface area (Å²) in [6.07, 6.45) is 2.90. The quantitative estimate of drug-likeness (QED) is 0.859. The first-order valence-corrected chi connectivity index (χ1v) is 8.36. The number of aryl methyl sites for hydroxylation is 1. The lowest BCUT2D eigenvalue weighted by molar-refractivity contribution is 0.0942. The van der Waals surface area contributed by atoms with E-state index < -0.39 is 0 Å². The summed E-state index contributed by atoms with van der Waals surface area (Å²) < 4.78 is 2.57. The third kappa shape index (κ3) is 2.66. The van der Waals surface area contributed by atoms with E-state index in [-0.39, 0.29) is 11.5 Å². The molecule has 3 heteroatoms. The summed E-state index contributed by atoms with van der Waals surface area (Å²) in [7, 11) is 2.22. The van der Waals surface area contributed by atoms with E-state index in [1.54, 1.807) is 0 Å². The predicted molar refractivity (Wildman–Crippen MR) is 86.5 cm³/mol. The molecule has 0 radical (unpaired) electrons. The second-order valence-electron chi connectivity index (χ2n) is 8.21. The van der Waals surface area contributed by atoms with Crippen LogP contribution < -0.4 is 0 Å². The molecule has 0 spiro atoms. The smallest absolute Gasteiger partial charge is 0.0812 e. The molecule has 0 bridgehead atoms. The number of likely N-dealkylation sites (tertiary alicyclic amines) is 1. The molecule has 2 heterocycles. The van der Waals surface area contributed by atoms with Gasteiger partial charge in [0, 0.05) is 29.5 Å². The van der Waals surface area contributed by atoms with Crippen molar-refractivity contribution in [2.75, 3.05) is 20.1 Å². The van der Waals surface area contributed by atoms with Gasteiger partial charge in [0.25, 0.3) is 0 Å². The number of fused-ring (bicyclic) bond motifs is 1. The number of aliphatic hydroxyl groups excluding tert-OH is 1. The van der Waals surface area contributed by atoms with Crippen LogP contribution in [-0.4, -0.2) is 34.7 Å². The Hall–Kier alpha value is -0.800. The lowest BCUT2D eigenvalue weighted by Gasteiger charge is -2.40. The summed E-state index contributed by atoms with van der Waals surface area (Å²) in [6.45, 7) is 11.5. The number of aromatic nitrogens is 1. The van der Waals surface area contributed by atoms with Crippen LogP contribution in [0.2, 0.25) is 0 Å². The molecule has 21 heavy (non-hydrogen) atoms. The van der Waals surface area contributed by atoms with Gasteiger partial charge in [-0.25, -0.2) is 0 Å². The third-order valence-electron chi connectivity index (χ3n) is 5.51. The highest BCUT2D eigenvalue weighted by Crippen LogP contribution is 2.44. The average Bonchev–Trinajstić information content (AvgIpc) is 2.65. The highest BCUT2D eigenvalue weighted by molar-refractivity contribution is 5.34. The molecule has 3 unspecified atom stereocenters. The van der Waals surface area contributed by atoms with Crippen molar-refractivity contribution in [3.05, 3.63) is 23.0 Å². The zero-order chi connectivity index (χ0) is 15.4. The number of hydrogen-bond acceptors (Lipinski definition) is 2. The fourth-order valence-corrected chi connectivity index (χ4v) is 4.55. The first-order valence-electron chi connectivity index (χ1n) is 8.36. The molecule has 3 atom stereocenters. The van der Waals surface area contributed by atoms with Crippen molar-refractivity contribution in [2.24, 2.45) is 11.3 Å². The van der Waals surface area contributed by atoms with Crippen molar-refractivity contribution in [1.29, 1.82) is 0 Å². The predicted octanol–water partition coefficient (Wildman–Crippen LogP) is 3.32. The van der Waals surface area contributed by atoms with Gasteiger partial charge in [0.2, 0.25) is 0 Å². The Morgan fingerprint density at radius 1 is 1.33 bits per heavy atom. The minimum atomic E-state index is -0.287. The molecule has 1 aromatic heterocycles. The van der Waals surface area contributed by atoms with Crippen molar-refractivity contribution in [3.63, 3.8) is 0 Å². The van der Waals surface area contributed by atoms with Crippen LogP contribution in [0, 0.1) is 18.3 Å². The molecular weight excluding hydrogens is 260 g/mol. The highest BCUT2D eigenvalue weighted by Gasteiger charge is 2.37. The summed E-state index contributed by atoms with van der Waals surface area (Å²) >= 11 is 0. The van der Waals surface area contributed by atoms with Gasteiger partial charge in [-0.15, -0.1) is 0 Å². The lowest BCUT2D eigenvalue weighted by Crippen LogP contribution is -2.39. The van der Waals surface area contributed by atoms with Crippen molar-refractivity contribution >= 4 is 0 Å². The van der Waals surface area contributed by atoms with Gasteiger partial charge in [-0.3, -0.25) is 0 Å². The summed E-state index contributed by atoms with van der Waals surface area (Å²) in [5.74, 6) is 0.668. The first-order chi connectivity index (χ1) is 9.78. The summed E-state index contributed by atoms with van der Waals surface area (Å²) in [5, 5.41) is 10.5.